The van der Waals surface area contributed by atoms with Crippen molar-refractivity contribution in [1.82, 2.24) is 0 Å². The highest BCUT2D eigenvalue weighted by Crippen LogP contribution is 2.32. The summed E-state index contributed by atoms with van der Waals surface area (Å²) in [6, 6.07) is 21.5. The van der Waals surface area contributed by atoms with E-state index in [0.29, 0.717) is 29.1 Å². The number of amides is 1. The van der Waals surface area contributed by atoms with E-state index in [1.54, 1.807) is 53.4 Å². The number of para-hydroxylation sites is 1. The van der Waals surface area contributed by atoms with E-state index in [-0.39, 0.29) is 11.7 Å². The third-order valence-electron chi connectivity index (χ3n) is 5.28. The van der Waals surface area contributed by atoms with Crippen molar-refractivity contribution in [2.24, 2.45) is 0 Å². The van der Waals surface area contributed by atoms with Crippen molar-refractivity contribution in [3.8, 4) is 5.75 Å². The highest BCUT2D eigenvalue weighted by Gasteiger charge is 2.24. The van der Waals surface area contributed by atoms with Crippen LogP contribution in [-0.2, 0) is 22.2 Å². The first-order chi connectivity index (χ1) is 15.0. The molecule has 0 aromatic heterocycles. The SMILES string of the molecule is COc1ccccc1CS(=O)(=O)Nc1ccc2c(c1)N(C(=O)c1ccccc1)CCC2. The summed E-state index contributed by atoms with van der Waals surface area (Å²) in [5.74, 6) is 0.231. The molecule has 1 aliphatic rings. The Hall–Kier alpha value is -3.32. The molecule has 0 unspecified atom stereocenters. The molecule has 0 atom stereocenters. The van der Waals surface area contributed by atoms with Crippen molar-refractivity contribution in [2.75, 3.05) is 23.3 Å². The number of sulfonamides is 1. The van der Waals surface area contributed by atoms with E-state index >= 15 is 0 Å². The zero-order valence-electron chi connectivity index (χ0n) is 17.2. The maximum absolute atomic E-state index is 13.0. The lowest BCUT2D eigenvalue weighted by atomic mass is 10.00. The maximum Gasteiger partial charge on any atom is 0.258 e. The average molecular weight is 437 g/mol. The molecule has 0 spiro atoms. The molecule has 0 radical (unpaired) electrons. The third-order valence-corrected chi connectivity index (χ3v) is 6.52. The fraction of sp³-hybridized carbons (Fsp3) is 0.208. The van der Waals surface area contributed by atoms with Crippen molar-refractivity contribution in [3.05, 3.63) is 89.5 Å². The number of carbonyl (C=O) groups excluding carboxylic acids is 1. The summed E-state index contributed by atoms with van der Waals surface area (Å²) >= 11 is 0. The van der Waals surface area contributed by atoms with E-state index in [4.69, 9.17) is 4.74 Å². The Kier molecular flexibility index (Phi) is 5.95. The number of nitrogens with one attached hydrogen (secondary N) is 1. The molecular formula is C24H24N2O4S. The molecule has 3 aromatic carbocycles. The molecule has 160 valence electrons. The average Bonchev–Trinajstić information content (AvgIpc) is 2.78. The number of nitrogens with zero attached hydrogens (tertiary/aromatic N) is 1. The second-order valence-electron chi connectivity index (χ2n) is 7.44. The summed E-state index contributed by atoms with van der Waals surface area (Å²) < 4.78 is 33.5. The lowest BCUT2D eigenvalue weighted by Crippen LogP contribution is -2.35. The normalized spacial score (nSPS) is 13.4. The Balaban J connectivity index is 1.59. The summed E-state index contributed by atoms with van der Waals surface area (Å²) in [6.07, 6.45) is 1.71. The van der Waals surface area contributed by atoms with E-state index in [1.807, 2.05) is 24.3 Å². The van der Waals surface area contributed by atoms with E-state index in [1.165, 1.54) is 7.11 Å². The fourth-order valence-electron chi connectivity index (χ4n) is 3.83. The van der Waals surface area contributed by atoms with Gasteiger partial charge in [0.15, 0.2) is 0 Å². The second kappa shape index (κ2) is 8.81. The van der Waals surface area contributed by atoms with Crippen LogP contribution < -0.4 is 14.4 Å². The number of hydrogen-bond acceptors (Lipinski definition) is 4. The molecule has 3 aromatic rings. The Morgan fingerprint density at radius 2 is 1.77 bits per heavy atom. The maximum atomic E-state index is 13.0. The van der Waals surface area contributed by atoms with Gasteiger partial charge in [-0.15, -0.1) is 0 Å². The Bertz CT molecular complexity index is 1190. The minimum Gasteiger partial charge on any atom is -0.496 e. The van der Waals surface area contributed by atoms with E-state index in [9.17, 15) is 13.2 Å². The lowest BCUT2D eigenvalue weighted by Gasteiger charge is -2.30. The minimum atomic E-state index is -3.67. The second-order valence-corrected chi connectivity index (χ2v) is 9.17. The van der Waals surface area contributed by atoms with Gasteiger partial charge in [-0.3, -0.25) is 9.52 Å². The molecular weight excluding hydrogens is 412 g/mol. The molecule has 31 heavy (non-hydrogen) atoms. The highest BCUT2D eigenvalue weighted by atomic mass is 32.2. The van der Waals surface area contributed by atoms with Crippen LogP contribution in [0.15, 0.2) is 72.8 Å². The van der Waals surface area contributed by atoms with E-state index in [2.05, 4.69) is 4.72 Å². The molecule has 4 rings (SSSR count). The summed E-state index contributed by atoms with van der Waals surface area (Å²) in [5.41, 5.74) is 3.40. The van der Waals surface area contributed by atoms with Crippen LogP contribution in [0.4, 0.5) is 11.4 Å². The molecule has 0 aliphatic carbocycles. The van der Waals surface area contributed by atoms with Gasteiger partial charge < -0.3 is 9.64 Å². The first-order valence-electron chi connectivity index (χ1n) is 10.1. The number of ether oxygens (including phenoxy) is 1. The van der Waals surface area contributed by atoms with E-state index in [0.717, 1.165) is 24.1 Å². The smallest absolute Gasteiger partial charge is 0.258 e. The molecule has 0 saturated heterocycles. The Morgan fingerprint density at radius 1 is 1.03 bits per heavy atom. The van der Waals surface area contributed by atoms with Crippen LogP contribution in [0.5, 0.6) is 5.75 Å². The first-order valence-corrected chi connectivity index (χ1v) is 11.7. The summed E-state index contributed by atoms with van der Waals surface area (Å²) in [5, 5.41) is 0. The van der Waals surface area contributed by atoms with Gasteiger partial charge in [0.2, 0.25) is 10.0 Å². The van der Waals surface area contributed by atoms with Crippen molar-refractivity contribution in [1.29, 1.82) is 0 Å². The van der Waals surface area contributed by atoms with Gasteiger partial charge in [0.1, 0.15) is 5.75 Å². The molecule has 1 aliphatic heterocycles. The Labute approximate surface area is 182 Å². The number of fused-ring (bicyclic) bond motifs is 1. The molecule has 0 bridgehead atoms. The predicted molar refractivity (Wildman–Crippen MR) is 122 cm³/mol. The minimum absolute atomic E-state index is 0.0874. The molecule has 1 heterocycles. The highest BCUT2D eigenvalue weighted by molar-refractivity contribution is 7.91. The number of benzene rings is 3. The van der Waals surface area contributed by atoms with Crippen LogP contribution in [-0.4, -0.2) is 28.0 Å². The van der Waals surface area contributed by atoms with Crippen LogP contribution in [0, 0.1) is 0 Å². The van der Waals surface area contributed by atoms with Gasteiger partial charge >= 0.3 is 0 Å². The van der Waals surface area contributed by atoms with E-state index < -0.39 is 10.0 Å². The van der Waals surface area contributed by atoms with Gasteiger partial charge in [-0.25, -0.2) is 8.42 Å². The monoisotopic (exact) mass is 436 g/mol. The van der Waals surface area contributed by atoms with Crippen LogP contribution in [0.3, 0.4) is 0 Å². The van der Waals surface area contributed by atoms with Crippen LogP contribution in [0.2, 0.25) is 0 Å². The fourth-order valence-corrected chi connectivity index (χ4v) is 5.03. The van der Waals surface area contributed by atoms with Gasteiger partial charge in [0.05, 0.1) is 18.6 Å². The standard InChI is InChI=1S/C24H24N2O4S/c1-30-23-12-6-5-10-20(23)17-31(28,29)25-21-14-13-18-11-7-15-26(22(18)16-21)24(27)19-8-3-2-4-9-19/h2-6,8-10,12-14,16,25H,7,11,15,17H2,1H3. The van der Waals surface area contributed by atoms with Crippen molar-refractivity contribution in [2.45, 2.75) is 18.6 Å². The number of rotatable bonds is 6. The number of carbonyl (C=O) groups is 1. The summed E-state index contributed by atoms with van der Waals surface area (Å²) in [7, 11) is -2.16. The summed E-state index contributed by atoms with van der Waals surface area (Å²) in [6.45, 7) is 0.595. The molecule has 1 N–H and O–H groups in total. The number of anilines is 2. The Morgan fingerprint density at radius 3 is 2.55 bits per heavy atom. The number of aryl methyl sites for hydroxylation is 1. The predicted octanol–water partition coefficient (Wildman–Crippen LogP) is 4.23. The van der Waals surface area contributed by atoms with Gasteiger partial charge in [-0.2, -0.15) is 0 Å². The topological polar surface area (TPSA) is 75.7 Å². The third kappa shape index (κ3) is 4.72. The molecule has 0 fully saturated rings. The lowest BCUT2D eigenvalue weighted by molar-refractivity contribution is 0.0985. The van der Waals surface area contributed by atoms with Crippen LogP contribution >= 0.6 is 0 Å². The molecule has 6 nitrogen and oxygen atoms in total. The van der Waals surface area contributed by atoms with Crippen LogP contribution in [0.1, 0.15) is 27.9 Å². The van der Waals surface area contributed by atoms with Crippen LogP contribution in [0.25, 0.3) is 0 Å². The number of hydrogen-bond donors (Lipinski definition) is 1. The van der Waals surface area contributed by atoms with Gasteiger partial charge in [-0.1, -0.05) is 42.5 Å². The van der Waals surface area contributed by atoms with Gasteiger partial charge in [0, 0.05) is 23.4 Å². The van der Waals surface area contributed by atoms with Crippen molar-refractivity contribution >= 4 is 27.3 Å². The van der Waals surface area contributed by atoms with Gasteiger partial charge in [0.25, 0.3) is 5.91 Å². The number of methoxy groups -OCH3 is 1. The van der Waals surface area contributed by atoms with Crippen molar-refractivity contribution < 1.29 is 17.9 Å². The summed E-state index contributed by atoms with van der Waals surface area (Å²) in [4.78, 5) is 14.8. The molecule has 7 heteroatoms. The zero-order chi connectivity index (χ0) is 21.8. The molecule has 1 amide bonds. The quantitative estimate of drug-likeness (QED) is 0.627. The largest absolute Gasteiger partial charge is 0.496 e. The zero-order valence-corrected chi connectivity index (χ0v) is 18.1. The van der Waals surface area contributed by atoms with Gasteiger partial charge in [-0.05, 0) is 48.7 Å². The van der Waals surface area contributed by atoms with Crippen molar-refractivity contribution in [3.63, 3.8) is 0 Å². The molecule has 0 saturated carbocycles. The first kappa shape index (κ1) is 20.9.